The molecule has 1 aromatic carbocycles. The van der Waals surface area contributed by atoms with Gasteiger partial charge in [0.25, 0.3) is 0 Å². The van der Waals surface area contributed by atoms with E-state index in [9.17, 15) is 22.8 Å². The van der Waals surface area contributed by atoms with Crippen LogP contribution in [0.4, 0.5) is 13.2 Å². The number of halogens is 3. The fraction of sp³-hybridized carbons (Fsp3) is 0.500. The van der Waals surface area contributed by atoms with Gasteiger partial charge in [0.2, 0.25) is 11.8 Å². The summed E-state index contributed by atoms with van der Waals surface area (Å²) in [6, 6.07) is 5.17. The Bertz CT molecular complexity index is 602. The van der Waals surface area contributed by atoms with Crippen LogP contribution >= 0.6 is 0 Å². The Labute approximate surface area is 137 Å². The number of nitrogens with two attached hydrogens (primary N) is 1. The van der Waals surface area contributed by atoms with Gasteiger partial charge < -0.3 is 15.4 Å². The van der Waals surface area contributed by atoms with Crippen molar-refractivity contribution in [1.82, 2.24) is 4.90 Å². The molecule has 8 heteroatoms. The lowest BCUT2D eigenvalue weighted by Crippen LogP contribution is -2.49. The topological polar surface area (TPSA) is 72.6 Å². The van der Waals surface area contributed by atoms with E-state index in [4.69, 9.17) is 5.73 Å². The number of carbonyl (C=O) groups is 2. The molecular formula is C16H19F3N2O3. The Hall–Kier alpha value is -2.25. The molecule has 132 valence electrons. The molecule has 1 heterocycles. The SMILES string of the molecule is C[C@H]1CC[C@H](C(N)=O)CN1C(=O)Cc1ccc(OC(F)(F)F)cc1. The predicted octanol–water partition coefficient (Wildman–Crippen LogP) is 2.24. The summed E-state index contributed by atoms with van der Waals surface area (Å²) in [5, 5.41) is 0. The first-order chi connectivity index (χ1) is 11.2. The van der Waals surface area contributed by atoms with Gasteiger partial charge in [0.05, 0.1) is 12.3 Å². The number of carbonyl (C=O) groups excluding carboxylic acids is 2. The molecule has 0 saturated carbocycles. The van der Waals surface area contributed by atoms with E-state index in [-0.39, 0.29) is 36.6 Å². The van der Waals surface area contributed by atoms with E-state index in [0.29, 0.717) is 18.4 Å². The molecule has 0 aromatic heterocycles. The summed E-state index contributed by atoms with van der Waals surface area (Å²) < 4.78 is 40.1. The molecule has 1 aromatic rings. The van der Waals surface area contributed by atoms with Crippen LogP contribution in [0.2, 0.25) is 0 Å². The molecule has 1 aliphatic rings. The average Bonchev–Trinajstić information content (AvgIpc) is 2.48. The molecule has 2 atom stereocenters. The first kappa shape index (κ1) is 18.1. The van der Waals surface area contributed by atoms with E-state index in [2.05, 4.69) is 4.74 Å². The maximum atomic E-state index is 12.4. The Balaban J connectivity index is 1.99. The molecule has 0 aliphatic carbocycles. The van der Waals surface area contributed by atoms with Gasteiger partial charge in [-0.2, -0.15) is 0 Å². The fourth-order valence-electron chi connectivity index (χ4n) is 2.77. The van der Waals surface area contributed by atoms with Crippen molar-refractivity contribution >= 4 is 11.8 Å². The number of hydrogen-bond donors (Lipinski definition) is 1. The van der Waals surface area contributed by atoms with Gasteiger partial charge in [-0.05, 0) is 37.5 Å². The molecule has 0 unspecified atom stereocenters. The van der Waals surface area contributed by atoms with E-state index >= 15 is 0 Å². The predicted molar refractivity (Wildman–Crippen MR) is 79.9 cm³/mol. The molecule has 2 N–H and O–H groups in total. The quantitative estimate of drug-likeness (QED) is 0.910. The van der Waals surface area contributed by atoms with Crippen LogP contribution in [-0.4, -0.2) is 35.7 Å². The standard InChI is InChI=1S/C16H19F3N2O3/c1-10-2-5-12(15(20)23)9-21(10)14(22)8-11-3-6-13(7-4-11)24-16(17,18)19/h3-4,6-7,10,12H,2,5,8-9H2,1H3,(H2,20,23)/t10-,12-/m0/s1. The molecule has 1 aliphatic heterocycles. The van der Waals surface area contributed by atoms with Gasteiger partial charge >= 0.3 is 6.36 Å². The van der Waals surface area contributed by atoms with Crippen LogP contribution in [0.15, 0.2) is 24.3 Å². The summed E-state index contributed by atoms with van der Waals surface area (Å²) in [7, 11) is 0. The number of amides is 2. The highest BCUT2D eigenvalue weighted by molar-refractivity contribution is 5.81. The number of hydrogen-bond acceptors (Lipinski definition) is 3. The van der Waals surface area contributed by atoms with Crippen molar-refractivity contribution in [3.05, 3.63) is 29.8 Å². The number of benzene rings is 1. The number of piperidine rings is 1. The van der Waals surface area contributed by atoms with Crippen molar-refractivity contribution < 1.29 is 27.5 Å². The van der Waals surface area contributed by atoms with Gasteiger partial charge in [-0.25, -0.2) is 0 Å². The number of primary amides is 1. The van der Waals surface area contributed by atoms with Crippen molar-refractivity contribution in [1.29, 1.82) is 0 Å². The molecule has 0 radical (unpaired) electrons. The number of likely N-dealkylation sites (tertiary alicyclic amines) is 1. The van der Waals surface area contributed by atoms with E-state index in [1.165, 1.54) is 24.3 Å². The summed E-state index contributed by atoms with van der Waals surface area (Å²) in [4.78, 5) is 25.4. The van der Waals surface area contributed by atoms with Crippen molar-refractivity contribution in [3.63, 3.8) is 0 Å². The molecule has 2 rings (SSSR count). The Kier molecular flexibility index (Phi) is 5.36. The van der Waals surface area contributed by atoms with Gasteiger partial charge in [-0.15, -0.1) is 13.2 Å². The third-order valence-corrected chi connectivity index (χ3v) is 4.12. The average molecular weight is 344 g/mol. The zero-order valence-corrected chi connectivity index (χ0v) is 13.2. The van der Waals surface area contributed by atoms with E-state index in [1.54, 1.807) is 4.90 Å². The molecule has 2 amide bonds. The number of ether oxygens (including phenoxy) is 1. The van der Waals surface area contributed by atoms with Gasteiger partial charge in [0.15, 0.2) is 0 Å². The fourth-order valence-corrected chi connectivity index (χ4v) is 2.77. The molecule has 0 bridgehead atoms. The third-order valence-electron chi connectivity index (χ3n) is 4.12. The summed E-state index contributed by atoms with van der Waals surface area (Å²) in [6.45, 7) is 2.18. The Morgan fingerprint density at radius 2 is 1.88 bits per heavy atom. The molecule has 24 heavy (non-hydrogen) atoms. The highest BCUT2D eigenvalue weighted by Crippen LogP contribution is 2.25. The molecule has 0 spiro atoms. The van der Waals surface area contributed by atoms with Crippen LogP contribution in [0.1, 0.15) is 25.3 Å². The minimum atomic E-state index is -4.75. The van der Waals surface area contributed by atoms with Crippen molar-refractivity contribution in [2.75, 3.05) is 6.54 Å². The van der Waals surface area contributed by atoms with Gasteiger partial charge in [-0.3, -0.25) is 9.59 Å². The highest BCUT2D eigenvalue weighted by Gasteiger charge is 2.32. The van der Waals surface area contributed by atoms with E-state index in [0.717, 1.165) is 0 Å². The zero-order chi connectivity index (χ0) is 17.9. The summed E-state index contributed by atoms with van der Waals surface area (Å²) >= 11 is 0. The second kappa shape index (κ2) is 7.11. The number of alkyl halides is 3. The normalized spacial score (nSPS) is 21.4. The third kappa shape index (κ3) is 4.87. The van der Waals surface area contributed by atoms with Crippen molar-refractivity contribution in [2.45, 2.75) is 38.6 Å². The van der Waals surface area contributed by atoms with Crippen LogP contribution in [-0.2, 0) is 16.0 Å². The monoisotopic (exact) mass is 344 g/mol. The second-order valence-corrected chi connectivity index (χ2v) is 5.94. The lowest BCUT2D eigenvalue weighted by molar-refractivity contribution is -0.274. The van der Waals surface area contributed by atoms with E-state index in [1.807, 2.05) is 6.92 Å². The lowest BCUT2D eigenvalue weighted by Gasteiger charge is -2.37. The minimum absolute atomic E-state index is 0.000867. The zero-order valence-electron chi connectivity index (χ0n) is 13.2. The minimum Gasteiger partial charge on any atom is -0.406 e. The summed E-state index contributed by atoms with van der Waals surface area (Å²) in [6.07, 6.45) is -3.35. The van der Waals surface area contributed by atoms with Crippen LogP contribution in [0.5, 0.6) is 5.75 Å². The van der Waals surface area contributed by atoms with E-state index < -0.39 is 12.3 Å². The first-order valence-corrected chi connectivity index (χ1v) is 7.59. The second-order valence-electron chi connectivity index (χ2n) is 5.94. The smallest absolute Gasteiger partial charge is 0.406 e. The first-order valence-electron chi connectivity index (χ1n) is 7.59. The summed E-state index contributed by atoms with van der Waals surface area (Å²) in [5.74, 6) is -1.29. The van der Waals surface area contributed by atoms with Gasteiger partial charge in [-0.1, -0.05) is 12.1 Å². The largest absolute Gasteiger partial charge is 0.573 e. The Morgan fingerprint density at radius 1 is 1.25 bits per heavy atom. The van der Waals surface area contributed by atoms with Crippen LogP contribution in [0.3, 0.4) is 0 Å². The van der Waals surface area contributed by atoms with Crippen LogP contribution in [0.25, 0.3) is 0 Å². The number of nitrogens with zero attached hydrogens (tertiary/aromatic N) is 1. The van der Waals surface area contributed by atoms with Crippen LogP contribution < -0.4 is 10.5 Å². The van der Waals surface area contributed by atoms with Crippen molar-refractivity contribution in [3.8, 4) is 5.75 Å². The molecule has 5 nitrogen and oxygen atoms in total. The van der Waals surface area contributed by atoms with Gasteiger partial charge in [0, 0.05) is 12.6 Å². The Morgan fingerprint density at radius 3 is 2.42 bits per heavy atom. The molecule has 1 saturated heterocycles. The highest BCUT2D eigenvalue weighted by atomic mass is 19.4. The maximum Gasteiger partial charge on any atom is 0.573 e. The maximum absolute atomic E-state index is 12.4. The number of rotatable bonds is 4. The summed E-state index contributed by atoms with van der Waals surface area (Å²) in [5.41, 5.74) is 5.88. The van der Waals surface area contributed by atoms with Crippen molar-refractivity contribution in [2.24, 2.45) is 11.7 Å². The van der Waals surface area contributed by atoms with Gasteiger partial charge in [0.1, 0.15) is 5.75 Å². The molecule has 1 fully saturated rings. The lowest BCUT2D eigenvalue weighted by atomic mass is 9.92. The van der Waals surface area contributed by atoms with Crippen LogP contribution in [0, 0.1) is 5.92 Å². The molecular weight excluding hydrogens is 325 g/mol.